The third-order valence-electron chi connectivity index (χ3n) is 4.34. The highest BCUT2D eigenvalue weighted by Crippen LogP contribution is 2.27. The van der Waals surface area contributed by atoms with Gasteiger partial charge in [0.2, 0.25) is 10.0 Å². The Morgan fingerprint density at radius 1 is 1.21 bits per heavy atom. The summed E-state index contributed by atoms with van der Waals surface area (Å²) in [5.74, 6) is -0.462. The highest BCUT2D eigenvalue weighted by Gasteiger charge is 2.26. The summed E-state index contributed by atoms with van der Waals surface area (Å²) in [4.78, 5) is 4.38. The van der Waals surface area contributed by atoms with Crippen LogP contribution in [0.4, 0.5) is 4.39 Å². The maximum absolute atomic E-state index is 13.0. The van der Waals surface area contributed by atoms with E-state index in [0.29, 0.717) is 12.8 Å². The van der Waals surface area contributed by atoms with Crippen molar-refractivity contribution in [2.45, 2.75) is 30.2 Å². The van der Waals surface area contributed by atoms with E-state index in [2.05, 4.69) is 19.9 Å². The summed E-state index contributed by atoms with van der Waals surface area (Å²) >= 11 is 0. The fourth-order valence-corrected chi connectivity index (χ4v) is 4.42. The number of benzene rings is 1. The predicted molar refractivity (Wildman–Crippen MR) is 86.4 cm³/mol. The number of fused-ring (bicyclic) bond motifs is 3. The van der Waals surface area contributed by atoms with Gasteiger partial charge >= 0.3 is 0 Å². The third-order valence-corrected chi connectivity index (χ3v) is 5.87. The molecule has 3 aromatic rings. The van der Waals surface area contributed by atoms with Gasteiger partial charge in [-0.05, 0) is 54.7 Å². The Bertz CT molecular complexity index is 999. The van der Waals surface area contributed by atoms with Crippen LogP contribution in [0.1, 0.15) is 17.5 Å². The summed E-state index contributed by atoms with van der Waals surface area (Å²) in [6.07, 6.45) is 5.55. The molecule has 0 saturated carbocycles. The van der Waals surface area contributed by atoms with Gasteiger partial charge in [-0.1, -0.05) is 0 Å². The smallest absolute Gasteiger partial charge is 0.240 e. The monoisotopic (exact) mass is 346 g/mol. The van der Waals surface area contributed by atoms with Crippen LogP contribution in [0.5, 0.6) is 0 Å². The van der Waals surface area contributed by atoms with E-state index >= 15 is 0 Å². The molecule has 0 bridgehead atoms. The number of sulfonamides is 1. The van der Waals surface area contributed by atoms with Crippen molar-refractivity contribution >= 4 is 21.1 Å². The van der Waals surface area contributed by atoms with Crippen LogP contribution in [0.2, 0.25) is 0 Å². The number of aryl methyl sites for hydroxylation is 1. The number of pyridine rings is 1. The van der Waals surface area contributed by atoms with Crippen LogP contribution in [0.3, 0.4) is 0 Å². The van der Waals surface area contributed by atoms with Gasteiger partial charge in [-0.15, -0.1) is 0 Å². The predicted octanol–water partition coefficient (Wildman–Crippen LogP) is 1.93. The molecule has 2 heterocycles. The molecule has 4 rings (SSSR count). The molecule has 0 fully saturated rings. The van der Waals surface area contributed by atoms with Crippen LogP contribution < -0.4 is 4.72 Å². The Morgan fingerprint density at radius 3 is 2.79 bits per heavy atom. The molecule has 0 aliphatic heterocycles. The Labute approximate surface area is 138 Å². The highest BCUT2D eigenvalue weighted by atomic mass is 32.2. The summed E-state index contributed by atoms with van der Waals surface area (Å²) in [6, 6.07) is 4.61. The molecule has 1 unspecified atom stereocenters. The van der Waals surface area contributed by atoms with Gasteiger partial charge in [-0.3, -0.25) is 5.10 Å². The summed E-state index contributed by atoms with van der Waals surface area (Å²) in [5, 5.41) is 7.84. The van der Waals surface area contributed by atoms with Crippen LogP contribution in [-0.4, -0.2) is 29.6 Å². The minimum Gasteiger partial charge on any atom is -0.261 e. The summed E-state index contributed by atoms with van der Waals surface area (Å²) in [5.41, 5.74) is 2.95. The molecule has 6 nitrogen and oxygen atoms in total. The Kier molecular flexibility index (Phi) is 3.58. The molecule has 1 aromatic carbocycles. The van der Waals surface area contributed by atoms with Gasteiger partial charge in [0, 0.05) is 17.6 Å². The molecule has 0 amide bonds. The van der Waals surface area contributed by atoms with Crippen LogP contribution in [0.25, 0.3) is 11.0 Å². The number of halogens is 1. The lowest BCUT2D eigenvalue weighted by Gasteiger charge is -2.25. The number of nitrogens with one attached hydrogen (secondary N) is 2. The van der Waals surface area contributed by atoms with E-state index < -0.39 is 15.8 Å². The van der Waals surface area contributed by atoms with Crippen molar-refractivity contribution in [3.8, 4) is 0 Å². The third kappa shape index (κ3) is 2.67. The van der Waals surface area contributed by atoms with E-state index in [9.17, 15) is 12.8 Å². The molecule has 8 heteroatoms. The van der Waals surface area contributed by atoms with E-state index in [4.69, 9.17) is 0 Å². The number of H-pyrrole nitrogens is 1. The Morgan fingerprint density at radius 2 is 2.00 bits per heavy atom. The van der Waals surface area contributed by atoms with Crippen molar-refractivity contribution in [3.63, 3.8) is 0 Å². The lowest BCUT2D eigenvalue weighted by molar-refractivity contribution is 0.508. The van der Waals surface area contributed by atoms with E-state index in [1.54, 1.807) is 12.4 Å². The molecule has 2 aromatic heterocycles. The normalized spacial score (nSPS) is 17.8. The molecule has 2 N–H and O–H groups in total. The SMILES string of the molecule is O=S(=O)(NC1CCc2c(cnc3[nH]ncc23)C1)c1ccc(F)cc1. The zero-order valence-electron chi connectivity index (χ0n) is 12.7. The van der Waals surface area contributed by atoms with E-state index in [1.165, 1.54) is 17.7 Å². The first kappa shape index (κ1) is 15.2. The van der Waals surface area contributed by atoms with Crippen molar-refractivity contribution in [2.24, 2.45) is 0 Å². The molecule has 1 aliphatic rings. The second-order valence-electron chi connectivity index (χ2n) is 5.91. The van der Waals surface area contributed by atoms with Gasteiger partial charge in [-0.2, -0.15) is 5.10 Å². The largest absolute Gasteiger partial charge is 0.261 e. The number of aromatic nitrogens is 3. The van der Waals surface area contributed by atoms with Gasteiger partial charge in [-0.25, -0.2) is 22.5 Å². The van der Waals surface area contributed by atoms with Crippen molar-refractivity contribution in [1.29, 1.82) is 0 Å². The first-order chi connectivity index (χ1) is 11.5. The lowest BCUT2D eigenvalue weighted by atomic mass is 9.88. The summed E-state index contributed by atoms with van der Waals surface area (Å²) in [6.45, 7) is 0. The molecule has 124 valence electrons. The van der Waals surface area contributed by atoms with E-state index in [0.717, 1.165) is 35.2 Å². The number of rotatable bonds is 3. The van der Waals surface area contributed by atoms with Crippen LogP contribution in [-0.2, 0) is 22.9 Å². The van der Waals surface area contributed by atoms with Crippen molar-refractivity contribution in [1.82, 2.24) is 19.9 Å². The summed E-state index contributed by atoms with van der Waals surface area (Å²) in [7, 11) is -3.67. The van der Waals surface area contributed by atoms with Crippen LogP contribution >= 0.6 is 0 Å². The maximum atomic E-state index is 13.0. The van der Waals surface area contributed by atoms with Gasteiger partial charge in [0.1, 0.15) is 5.82 Å². The van der Waals surface area contributed by atoms with Gasteiger partial charge in [0.05, 0.1) is 11.1 Å². The van der Waals surface area contributed by atoms with E-state index in [1.807, 2.05) is 0 Å². The number of aromatic amines is 1. The fourth-order valence-electron chi connectivity index (χ4n) is 3.15. The van der Waals surface area contributed by atoms with Crippen LogP contribution in [0.15, 0.2) is 41.6 Å². The second-order valence-corrected chi connectivity index (χ2v) is 7.62. The van der Waals surface area contributed by atoms with Gasteiger partial charge in [0.15, 0.2) is 5.65 Å². The Balaban J connectivity index is 1.57. The first-order valence-electron chi connectivity index (χ1n) is 7.61. The van der Waals surface area contributed by atoms with Crippen molar-refractivity contribution in [3.05, 3.63) is 53.6 Å². The molecular formula is C16H15FN4O2S. The molecule has 1 atom stereocenters. The average molecular weight is 346 g/mol. The lowest BCUT2D eigenvalue weighted by Crippen LogP contribution is -2.38. The second kappa shape index (κ2) is 5.64. The topological polar surface area (TPSA) is 87.7 Å². The summed E-state index contributed by atoms with van der Waals surface area (Å²) < 4.78 is 40.5. The average Bonchev–Trinajstić information content (AvgIpc) is 3.03. The van der Waals surface area contributed by atoms with Gasteiger partial charge in [0.25, 0.3) is 0 Å². The standard InChI is InChI=1S/C16H15FN4O2S/c17-11-1-4-13(5-2-11)24(22,23)21-12-3-6-14-10(7-12)8-18-16-15(14)9-19-20-16/h1-2,4-5,8-9,12,21H,3,6-7H2,(H,18,19,20). The number of hydrogen-bond acceptors (Lipinski definition) is 4. The molecular weight excluding hydrogens is 331 g/mol. The quantitative estimate of drug-likeness (QED) is 0.759. The highest BCUT2D eigenvalue weighted by molar-refractivity contribution is 7.89. The molecule has 1 aliphatic carbocycles. The maximum Gasteiger partial charge on any atom is 0.240 e. The molecule has 0 radical (unpaired) electrons. The minimum absolute atomic E-state index is 0.0677. The molecule has 0 saturated heterocycles. The number of nitrogens with zero attached hydrogens (tertiary/aromatic N) is 2. The molecule has 24 heavy (non-hydrogen) atoms. The van der Waals surface area contributed by atoms with Crippen LogP contribution in [0, 0.1) is 5.82 Å². The zero-order valence-corrected chi connectivity index (χ0v) is 13.5. The zero-order chi connectivity index (χ0) is 16.7. The van der Waals surface area contributed by atoms with Gasteiger partial charge < -0.3 is 0 Å². The first-order valence-corrected chi connectivity index (χ1v) is 9.09. The van der Waals surface area contributed by atoms with E-state index in [-0.39, 0.29) is 10.9 Å². The molecule has 0 spiro atoms. The minimum atomic E-state index is -3.67. The van der Waals surface area contributed by atoms with Crippen molar-refractivity contribution in [2.75, 3.05) is 0 Å². The Hall–Kier alpha value is -2.32. The fraction of sp³-hybridized carbons (Fsp3) is 0.250. The van der Waals surface area contributed by atoms with Crippen molar-refractivity contribution < 1.29 is 12.8 Å². The number of hydrogen-bond donors (Lipinski definition) is 2.